The van der Waals surface area contributed by atoms with Gasteiger partial charge in [0.15, 0.2) is 9.75 Å². The third-order valence-electron chi connectivity index (χ3n) is 9.35. The van der Waals surface area contributed by atoms with Gasteiger partial charge in [0, 0.05) is 11.5 Å². The Bertz CT molecular complexity index is 1850. The molecule has 0 unspecified atom stereocenters. The molecule has 6 amide bonds. The number of rotatable bonds is 2. The molecular weight excluding hydrogens is 600 g/mol. The molecular formula is C31H22Cl2FN3O6. The number of benzene rings is 3. The van der Waals surface area contributed by atoms with Crippen molar-refractivity contribution < 1.29 is 33.5 Å². The molecule has 2 aliphatic carbocycles. The number of phenols is 1. The van der Waals surface area contributed by atoms with Gasteiger partial charge >= 0.3 is 6.03 Å². The van der Waals surface area contributed by atoms with Crippen LogP contribution in [-0.4, -0.2) is 49.4 Å². The van der Waals surface area contributed by atoms with Crippen molar-refractivity contribution >= 4 is 69.3 Å². The zero-order valence-electron chi connectivity index (χ0n) is 22.2. The second-order valence-corrected chi connectivity index (χ2v) is 12.6. The maximum Gasteiger partial charge on any atom is 0.328 e. The summed E-state index contributed by atoms with van der Waals surface area (Å²) >= 11 is 14.7. The van der Waals surface area contributed by atoms with Gasteiger partial charge in [0.25, 0.3) is 11.8 Å². The minimum Gasteiger partial charge on any atom is -0.508 e. The quantitative estimate of drug-likeness (QED) is 0.248. The number of hydrogen-bond donors (Lipinski definition) is 2. The van der Waals surface area contributed by atoms with Crippen LogP contribution in [0.3, 0.4) is 0 Å². The van der Waals surface area contributed by atoms with E-state index in [1.165, 1.54) is 18.2 Å². The highest BCUT2D eigenvalue weighted by molar-refractivity contribution is 6.58. The summed E-state index contributed by atoms with van der Waals surface area (Å²) in [5.74, 6) is -8.39. The number of fused-ring (bicyclic) bond motifs is 5. The van der Waals surface area contributed by atoms with Gasteiger partial charge < -0.3 is 10.8 Å². The number of nitrogens with two attached hydrogens (primary N) is 1. The van der Waals surface area contributed by atoms with Crippen molar-refractivity contribution in [1.82, 2.24) is 4.90 Å². The molecule has 7 rings (SSSR count). The third kappa shape index (κ3) is 3.41. The highest BCUT2D eigenvalue weighted by atomic mass is 35.5. The molecule has 0 bridgehead atoms. The summed E-state index contributed by atoms with van der Waals surface area (Å²) in [6, 6.07) is 13.6. The fourth-order valence-corrected chi connectivity index (χ4v) is 8.44. The van der Waals surface area contributed by atoms with Gasteiger partial charge in [-0.25, -0.2) is 14.1 Å². The molecule has 2 heterocycles. The van der Waals surface area contributed by atoms with Crippen molar-refractivity contribution in [3.8, 4) is 5.75 Å². The number of carbonyl (C=O) groups excluding carboxylic acids is 5. The van der Waals surface area contributed by atoms with E-state index in [4.69, 9.17) is 28.9 Å². The van der Waals surface area contributed by atoms with E-state index in [0.29, 0.717) is 21.2 Å². The topological polar surface area (TPSA) is 138 Å². The summed E-state index contributed by atoms with van der Waals surface area (Å²) in [5.41, 5.74) is 6.08. The van der Waals surface area contributed by atoms with Crippen LogP contribution in [0, 0.1) is 23.6 Å². The molecule has 2 aliphatic heterocycles. The van der Waals surface area contributed by atoms with Crippen molar-refractivity contribution in [2.75, 3.05) is 4.90 Å². The average Bonchev–Trinajstić information content (AvgIpc) is 3.32. The lowest BCUT2D eigenvalue weighted by molar-refractivity contribution is -0.136. The predicted octanol–water partition coefficient (Wildman–Crippen LogP) is 4.33. The maximum absolute atomic E-state index is 14.4. The van der Waals surface area contributed by atoms with Crippen molar-refractivity contribution in [3.63, 3.8) is 0 Å². The number of alkyl halides is 2. The Kier molecular flexibility index (Phi) is 5.84. The fourth-order valence-electron chi connectivity index (χ4n) is 7.52. The van der Waals surface area contributed by atoms with Crippen molar-refractivity contribution in [2.45, 2.75) is 28.5 Å². The number of urea groups is 1. The summed E-state index contributed by atoms with van der Waals surface area (Å²) in [5, 5.41) is 12.6. The van der Waals surface area contributed by atoms with E-state index < -0.39 is 68.9 Å². The van der Waals surface area contributed by atoms with Gasteiger partial charge in [0.2, 0.25) is 11.8 Å². The molecule has 3 aromatic rings. The highest BCUT2D eigenvalue weighted by Crippen LogP contribution is 2.67. The van der Waals surface area contributed by atoms with E-state index in [-0.39, 0.29) is 29.8 Å². The molecule has 6 atom stereocenters. The zero-order chi connectivity index (χ0) is 30.6. The van der Waals surface area contributed by atoms with Crippen LogP contribution in [0.4, 0.5) is 14.9 Å². The summed E-state index contributed by atoms with van der Waals surface area (Å²) in [6.07, 6.45) is 1.38. The van der Waals surface area contributed by atoms with E-state index in [0.717, 1.165) is 17.0 Å². The summed E-state index contributed by atoms with van der Waals surface area (Å²) in [4.78, 5) is 64.3. The smallest absolute Gasteiger partial charge is 0.328 e. The van der Waals surface area contributed by atoms with E-state index in [2.05, 4.69) is 0 Å². The Balaban J connectivity index is 1.50. The molecule has 43 heavy (non-hydrogen) atoms. The summed E-state index contributed by atoms with van der Waals surface area (Å²) in [6.45, 7) is 0. The number of anilines is 1. The van der Waals surface area contributed by atoms with Crippen LogP contribution in [0.5, 0.6) is 5.75 Å². The molecule has 0 spiro atoms. The fraction of sp³-hybridized carbons (Fsp3) is 0.258. The second kappa shape index (κ2) is 9.11. The number of hydrogen-bond acceptors (Lipinski definition) is 6. The molecule has 3 fully saturated rings. The van der Waals surface area contributed by atoms with Crippen molar-refractivity contribution in [2.24, 2.45) is 23.5 Å². The third-order valence-corrected chi connectivity index (χ3v) is 10.8. The second-order valence-electron chi connectivity index (χ2n) is 11.3. The van der Waals surface area contributed by atoms with Crippen LogP contribution in [0.15, 0.2) is 72.3 Å². The highest BCUT2D eigenvalue weighted by Gasteiger charge is 2.77. The standard InChI is InChI=1S/C31H22Cl2FN3O6/c32-30-13-20-18(10-11-19-22(20)26(40)37(25(19)39)29(35)43)24(23-17-4-2-1-3-14(17)5-12-21(23)38)31(30,33)28(42)36(27(30)41)16-8-6-15(34)7-9-16/h1-10,12,19-20,22,24,38H,11,13H2,(H2,35,43)/t19-,20+,22-,24+,30+,31-/m0/s1. The number of phenolic OH excluding ortho intramolecular Hbond substituents is 1. The van der Waals surface area contributed by atoms with Crippen LogP contribution < -0.4 is 10.6 Å². The monoisotopic (exact) mass is 621 g/mol. The molecule has 0 aromatic heterocycles. The first-order chi connectivity index (χ1) is 20.4. The van der Waals surface area contributed by atoms with Gasteiger partial charge in [0.1, 0.15) is 11.6 Å². The number of amides is 6. The Labute approximate surface area is 253 Å². The first-order valence-electron chi connectivity index (χ1n) is 13.5. The van der Waals surface area contributed by atoms with Gasteiger partial charge in [0.05, 0.1) is 17.5 Å². The number of aromatic hydroxyl groups is 1. The molecule has 2 saturated heterocycles. The van der Waals surface area contributed by atoms with Crippen molar-refractivity contribution in [3.05, 3.63) is 83.7 Å². The van der Waals surface area contributed by atoms with E-state index in [9.17, 15) is 33.5 Å². The first-order valence-corrected chi connectivity index (χ1v) is 14.3. The summed E-state index contributed by atoms with van der Waals surface area (Å²) in [7, 11) is 0. The SMILES string of the molecule is NC(=O)N1C(=O)[C@H]2[C@H](CC=C3[C@H]2C[C@@]2(Cl)C(=O)N(c4ccc(F)cc4)C(=O)[C@@]2(Cl)[C@H]3c2c(O)ccc3ccccc23)C1=O. The van der Waals surface area contributed by atoms with E-state index >= 15 is 0 Å². The number of allylic oxidation sites excluding steroid dienone is 2. The Morgan fingerprint density at radius 3 is 2.33 bits per heavy atom. The van der Waals surface area contributed by atoms with Crippen LogP contribution in [0.25, 0.3) is 10.8 Å². The first kappa shape index (κ1) is 27.5. The predicted molar refractivity (Wildman–Crippen MR) is 154 cm³/mol. The normalized spacial score (nSPS) is 31.7. The molecule has 9 nitrogen and oxygen atoms in total. The van der Waals surface area contributed by atoms with Crippen LogP contribution >= 0.6 is 23.2 Å². The van der Waals surface area contributed by atoms with Crippen molar-refractivity contribution in [1.29, 1.82) is 0 Å². The Hall–Kier alpha value is -4.28. The number of primary amides is 1. The lowest BCUT2D eigenvalue weighted by Gasteiger charge is -2.51. The molecule has 12 heteroatoms. The van der Waals surface area contributed by atoms with Gasteiger partial charge in [-0.2, -0.15) is 4.90 Å². The molecule has 218 valence electrons. The molecule has 3 N–H and O–H groups in total. The molecule has 3 aromatic carbocycles. The van der Waals surface area contributed by atoms with Crippen LogP contribution in [-0.2, 0) is 19.2 Å². The molecule has 1 saturated carbocycles. The van der Waals surface area contributed by atoms with Gasteiger partial charge in [-0.05, 0) is 59.9 Å². The maximum atomic E-state index is 14.4. The Morgan fingerprint density at radius 2 is 1.63 bits per heavy atom. The number of halogens is 3. The van der Waals surface area contributed by atoms with Gasteiger partial charge in [-0.15, -0.1) is 23.2 Å². The zero-order valence-corrected chi connectivity index (χ0v) is 23.7. The number of carbonyl (C=O) groups is 5. The lowest BCUT2D eigenvalue weighted by Crippen LogP contribution is -2.60. The Morgan fingerprint density at radius 1 is 0.930 bits per heavy atom. The van der Waals surface area contributed by atoms with E-state index in [1.807, 2.05) is 0 Å². The van der Waals surface area contributed by atoms with Crippen LogP contribution in [0.2, 0.25) is 0 Å². The molecule has 0 radical (unpaired) electrons. The lowest BCUT2D eigenvalue weighted by atomic mass is 9.56. The minimum absolute atomic E-state index is 0.0267. The largest absolute Gasteiger partial charge is 0.508 e. The van der Waals surface area contributed by atoms with Crippen LogP contribution in [0.1, 0.15) is 24.3 Å². The molecule has 4 aliphatic rings. The number of imide groups is 4. The van der Waals surface area contributed by atoms with E-state index in [1.54, 1.807) is 36.4 Å². The van der Waals surface area contributed by atoms with Gasteiger partial charge in [-0.1, -0.05) is 42.0 Å². The summed E-state index contributed by atoms with van der Waals surface area (Å²) < 4.78 is 13.8. The average molecular weight is 622 g/mol. The minimum atomic E-state index is -2.22. The van der Waals surface area contributed by atoms with Gasteiger partial charge in [-0.3, -0.25) is 19.2 Å². The number of nitrogens with zero attached hydrogens (tertiary/aromatic N) is 2. The number of likely N-dealkylation sites (tertiary alicyclic amines) is 1.